The highest BCUT2D eigenvalue weighted by Crippen LogP contribution is 2.36. The fourth-order valence-corrected chi connectivity index (χ4v) is 1.82. The van der Waals surface area contributed by atoms with E-state index in [4.69, 9.17) is 27.5 Å². The van der Waals surface area contributed by atoms with Gasteiger partial charge in [0.25, 0.3) is 0 Å². The summed E-state index contributed by atoms with van der Waals surface area (Å²) in [4.78, 5) is 10.1. The zero-order valence-corrected chi connectivity index (χ0v) is 11.2. The Hall–Kier alpha value is -2.67. The summed E-state index contributed by atoms with van der Waals surface area (Å²) in [5, 5.41) is 18.6. The first-order valence-corrected chi connectivity index (χ1v) is 6.02. The summed E-state index contributed by atoms with van der Waals surface area (Å²) < 4.78 is 19.0. The number of para-hydroxylation sites is 1. The minimum atomic E-state index is -0.904. The van der Waals surface area contributed by atoms with E-state index in [0.29, 0.717) is 0 Å². The second-order valence-corrected chi connectivity index (χ2v) is 4.44. The molecule has 2 aromatic carbocycles. The first-order valence-electron chi connectivity index (χ1n) is 5.65. The number of nitro benzene ring substituents is 1. The van der Waals surface area contributed by atoms with Gasteiger partial charge in [0.05, 0.1) is 10.5 Å². The van der Waals surface area contributed by atoms with Gasteiger partial charge in [-0.05, 0) is 18.2 Å². The Morgan fingerprint density at radius 3 is 2.71 bits per heavy atom. The number of hydrogen-bond acceptors (Lipinski definition) is 4. The maximum Gasteiger partial charge on any atom is 0.314 e. The van der Waals surface area contributed by atoms with E-state index in [1.165, 1.54) is 24.3 Å². The SMILES string of the molecule is N=C(N)c1ccc(Cl)cc1Oc1c(F)cccc1[N+](=O)[O-]. The van der Waals surface area contributed by atoms with Crippen molar-refractivity contribution in [3.63, 3.8) is 0 Å². The fourth-order valence-electron chi connectivity index (χ4n) is 1.66. The molecule has 0 radical (unpaired) electrons. The minimum Gasteiger partial charge on any atom is -0.446 e. The van der Waals surface area contributed by atoms with Crippen LogP contribution < -0.4 is 10.5 Å². The highest BCUT2D eigenvalue weighted by molar-refractivity contribution is 6.30. The van der Waals surface area contributed by atoms with E-state index in [-0.39, 0.29) is 22.2 Å². The van der Waals surface area contributed by atoms with Gasteiger partial charge in [0.15, 0.2) is 5.82 Å². The summed E-state index contributed by atoms with van der Waals surface area (Å²) in [6, 6.07) is 7.52. The van der Waals surface area contributed by atoms with Crippen LogP contribution in [-0.4, -0.2) is 10.8 Å². The van der Waals surface area contributed by atoms with Gasteiger partial charge in [0.2, 0.25) is 5.75 Å². The highest BCUT2D eigenvalue weighted by Gasteiger charge is 2.21. The third-order valence-corrected chi connectivity index (χ3v) is 2.82. The van der Waals surface area contributed by atoms with Crippen molar-refractivity contribution in [3.05, 3.63) is 62.9 Å². The number of nitrogens with one attached hydrogen (secondary N) is 1. The van der Waals surface area contributed by atoms with Crippen LogP contribution in [0.2, 0.25) is 5.02 Å². The standard InChI is InChI=1S/C13H9ClFN3O3/c14-7-4-5-8(13(16)17)11(6-7)21-12-9(15)2-1-3-10(12)18(19)20/h1-6H,(H3,16,17). The first kappa shape index (κ1) is 14.7. The lowest BCUT2D eigenvalue weighted by Crippen LogP contribution is -2.12. The number of amidine groups is 1. The zero-order valence-electron chi connectivity index (χ0n) is 10.5. The lowest BCUT2D eigenvalue weighted by molar-refractivity contribution is -0.385. The van der Waals surface area contributed by atoms with E-state index in [0.717, 1.165) is 12.1 Å². The molecule has 0 aromatic heterocycles. The van der Waals surface area contributed by atoms with E-state index < -0.39 is 22.2 Å². The van der Waals surface area contributed by atoms with Crippen molar-refractivity contribution in [2.75, 3.05) is 0 Å². The second kappa shape index (κ2) is 5.76. The van der Waals surface area contributed by atoms with Crippen molar-refractivity contribution in [2.24, 2.45) is 5.73 Å². The van der Waals surface area contributed by atoms with Gasteiger partial charge < -0.3 is 10.5 Å². The van der Waals surface area contributed by atoms with Gasteiger partial charge in [-0.15, -0.1) is 0 Å². The third-order valence-electron chi connectivity index (χ3n) is 2.59. The van der Waals surface area contributed by atoms with Gasteiger partial charge >= 0.3 is 5.69 Å². The number of nitrogens with two attached hydrogens (primary N) is 1. The molecule has 0 aliphatic rings. The second-order valence-electron chi connectivity index (χ2n) is 4.00. The quantitative estimate of drug-likeness (QED) is 0.390. The Kier molecular flexibility index (Phi) is 4.04. The Morgan fingerprint density at radius 1 is 1.38 bits per heavy atom. The molecule has 3 N–H and O–H groups in total. The number of hydrogen-bond donors (Lipinski definition) is 2. The van der Waals surface area contributed by atoms with E-state index in [1.54, 1.807) is 0 Å². The molecule has 2 rings (SSSR count). The zero-order chi connectivity index (χ0) is 15.6. The minimum absolute atomic E-state index is 0.0387. The van der Waals surface area contributed by atoms with Crippen molar-refractivity contribution in [1.82, 2.24) is 0 Å². The molecule has 108 valence electrons. The van der Waals surface area contributed by atoms with Crippen LogP contribution in [0.1, 0.15) is 5.56 Å². The van der Waals surface area contributed by atoms with E-state index in [2.05, 4.69) is 0 Å². The van der Waals surface area contributed by atoms with Crippen LogP contribution >= 0.6 is 11.6 Å². The lowest BCUT2D eigenvalue weighted by Gasteiger charge is -2.11. The molecule has 0 aliphatic carbocycles. The van der Waals surface area contributed by atoms with Crippen molar-refractivity contribution in [2.45, 2.75) is 0 Å². The first-order chi connectivity index (χ1) is 9.90. The summed E-state index contributed by atoms with van der Waals surface area (Å²) in [5.41, 5.74) is 5.00. The van der Waals surface area contributed by atoms with Crippen molar-refractivity contribution < 1.29 is 14.1 Å². The molecule has 0 amide bonds. The lowest BCUT2D eigenvalue weighted by atomic mass is 10.2. The maximum atomic E-state index is 13.8. The molecule has 0 bridgehead atoms. The molecule has 0 unspecified atom stereocenters. The Morgan fingerprint density at radius 2 is 2.10 bits per heavy atom. The molecule has 0 fully saturated rings. The number of ether oxygens (including phenoxy) is 1. The molecule has 8 heteroatoms. The monoisotopic (exact) mass is 309 g/mol. The van der Waals surface area contributed by atoms with Gasteiger partial charge in [0, 0.05) is 17.2 Å². The van der Waals surface area contributed by atoms with Crippen LogP contribution in [0.25, 0.3) is 0 Å². The van der Waals surface area contributed by atoms with Crippen LogP contribution in [0.3, 0.4) is 0 Å². The van der Waals surface area contributed by atoms with E-state index >= 15 is 0 Å². The molecule has 0 spiro atoms. The molecule has 0 saturated heterocycles. The highest BCUT2D eigenvalue weighted by atomic mass is 35.5. The molecule has 0 heterocycles. The Labute approximate surface area is 123 Å². The summed E-state index contributed by atoms with van der Waals surface area (Å²) in [5.74, 6) is -1.84. The number of nitro groups is 1. The van der Waals surface area contributed by atoms with Gasteiger partial charge in [-0.1, -0.05) is 17.7 Å². The van der Waals surface area contributed by atoms with Gasteiger partial charge in [0.1, 0.15) is 11.6 Å². The predicted octanol–water partition coefficient (Wildman–Crippen LogP) is 3.46. The van der Waals surface area contributed by atoms with Crippen LogP contribution in [-0.2, 0) is 0 Å². The number of halogens is 2. The van der Waals surface area contributed by atoms with E-state index in [9.17, 15) is 14.5 Å². The van der Waals surface area contributed by atoms with Crippen LogP contribution in [0.4, 0.5) is 10.1 Å². The fraction of sp³-hybridized carbons (Fsp3) is 0. The van der Waals surface area contributed by atoms with Gasteiger partial charge in [-0.3, -0.25) is 15.5 Å². The summed E-state index contributed by atoms with van der Waals surface area (Å²) in [6.45, 7) is 0. The summed E-state index contributed by atoms with van der Waals surface area (Å²) in [6.07, 6.45) is 0. The summed E-state index contributed by atoms with van der Waals surface area (Å²) >= 11 is 5.81. The normalized spacial score (nSPS) is 10.2. The van der Waals surface area contributed by atoms with Crippen LogP contribution in [0.15, 0.2) is 36.4 Å². The third kappa shape index (κ3) is 3.09. The van der Waals surface area contributed by atoms with Gasteiger partial charge in [-0.25, -0.2) is 4.39 Å². The van der Waals surface area contributed by atoms with Crippen molar-refractivity contribution in [3.8, 4) is 11.5 Å². The molecular formula is C13H9ClFN3O3. The smallest absolute Gasteiger partial charge is 0.314 e. The van der Waals surface area contributed by atoms with E-state index in [1.807, 2.05) is 0 Å². The van der Waals surface area contributed by atoms with Crippen molar-refractivity contribution in [1.29, 1.82) is 5.41 Å². The maximum absolute atomic E-state index is 13.8. The molecule has 21 heavy (non-hydrogen) atoms. The molecule has 0 atom stereocenters. The molecular weight excluding hydrogens is 301 g/mol. The topological polar surface area (TPSA) is 102 Å². The Bertz CT molecular complexity index is 737. The van der Waals surface area contributed by atoms with Crippen molar-refractivity contribution >= 4 is 23.1 Å². The molecule has 0 saturated carbocycles. The molecule has 2 aromatic rings. The number of benzene rings is 2. The predicted molar refractivity (Wildman–Crippen MR) is 75.6 cm³/mol. The number of rotatable bonds is 4. The average molecular weight is 310 g/mol. The van der Waals surface area contributed by atoms with Crippen LogP contribution in [0.5, 0.6) is 11.5 Å². The summed E-state index contributed by atoms with van der Waals surface area (Å²) in [7, 11) is 0. The molecule has 6 nitrogen and oxygen atoms in total. The largest absolute Gasteiger partial charge is 0.446 e. The Balaban J connectivity index is 2.55. The van der Waals surface area contributed by atoms with Gasteiger partial charge in [-0.2, -0.15) is 0 Å². The molecule has 0 aliphatic heterocycles. The van der Waals surface area contributed by atoms with Crippen LogP contribution in [0, 0.1) is 21.3 Å². The number of nitrogen functional groups attached to an aromatic ring is 1. The number of nitrogens with zero attached hydrogens (tertiary/aromatic N) is 1. The average Bonchev–Trinajstić information content (AvgIpc) is 2.40.